The molecule has 0 radical (unpaired) electrons. The van der Waals surface area contributed by atoms with Crippen molar-refractivity contribution in [1.29, 1.82) is 0 Å². The standard InChI is InChI=1S/C13H13F2N3O2/c1-8-3-4-9(2)17(8)16-7-10-5-13(18(19)20)12(15)6-11(10)14/h3-6,16H,7H2,1-2H3. The number of nitrogens with one attached hydrogen (secondary N) is 1. The molecule has 0 aliphatic rings. The average Bonchev–Trinajstić information content (AvgIpc) is 2.68. The minimum atomic E-state index is -1.18. The third-order valence-corrected chi connectivity index (χ3v) is 3.01. The Bertz CT molecular complexity index is 648. The largest absolute Gasteiger partial charge is 0.321 e. The highest BCUT2D eigenvalue weighted by Crippen LogP contribution is 2.21. The predicted molar refractivity (Wildman–Crippen MR) is 70.0 cm³/mol. The van der Waals surface area contributed by atoms with E-state index in [4.69, 9.17) is 0 Å². The quantitative estimate of drug-likeness (QED) is 0.692. The van der Waals surface area contributed by atoms with Crippen molar-refractivity contribution in [3.05, 3.63) is 63.0 Å². The average molecular weight is 281 g/mol. The summed E-state index contributed by atoms with van der Waals surface area (Å²) in [4.78, 5) is 9.77. The second kappa shape index (κ2) is 5.28. The summed E-state index contributed by atoms with van der Waals surface area (Å²) < 4.78 is 28.6. The summed E-state index contributed by atoms with van der Waals surface area (Å²) in [6, 6.07) is 5.20. The Morgan fingerprint density at radius 3 is 2.35 bits per heavy atom. The van der Waals surface area contributed by atoms with Gasteiger partial charge in [0.05, 0.1) is 11.5 Å². The molecule has 0 bridgehead atoms. The van der Waals surface area contributed by atoms with Gasteiger partial charge in [0.15, 0.2) is 0 Å². The minimum absolute atomic E-state index is 0.0172. The van der Waals surface area contributed by atoms with Gasteiger partial charge in [0.25, 0.3) is 0 Å². The molecular weight excluding hydrogens is 268 g/mol. The molecule has 0 aliphatic heterocycles. The van der Waals surface area contributed by atoms with Crippen molar-refractivity contribution in [2.45, 2.75) is 20.4 Å². The van der Waals surface area contributed by atoms with Crippen LogP contribution in [0.25, 0.3) is 0 Å². The highest BCUT2D eigenvalue weighted by Gasteiger charge is 2.18. The van der Waals surface area contributed by atoms with E-state index in [1.807, 2.05) is 26.0 Å². The number of aromatic nitrogens is 1. The molecule has 1 heterocycles. The van der Waals surface area contributed by atoms with Gasteiger partial charge in [-0.05, 0) is 26.0 Å². The van der Waals surface area contributed by atoms with Crippen LogP contribution in [0.2, 0.25) is 0 Å². The SMILES string of the molecule is Cc1ccc(C)n1NCc1cc([N+](=O)[O-])c(F)cc1F. The van der Waals surface area contributed by atoms with Crippen LogP contribution in [-0.2, 0) is 6.54 Å². The second-order valence-electron chi connectivity index (χ2n) is 4.44. The maximum atomic E-state index is 13.6. The monoisotopic (exact) mass is 281 g/mol. The Balaban J connectivity index is 2.26. The number of halogens is 2. The van der Waals surface area contributed by atoms with Crippen LogP contribution in [0.1, 0.15) is 17.0 Å². The fraction of sp³-hybridized carbons (Fsp3) is 0.231. The first-order valence-corrected chi connectivity index (χ1v) is 5.91. The Hall–Kier alpha value is -2.44. The van der Waals surface area contributed by atoms with Gasteiger partial charge in [0.2, 0.25) is 5.82 Å². The topological polar surface area (TPSA) is 60.1 Å². The van der Waals surface area contributed by atoms with Crippen molar-refractivity contribution in [2.24, 2.45) is 0 Å². The van der Waals surface area contributed by atoms with Gasteiger partial charge >= 0.3 is 5.69 Å². The van der Waals surface area contributed by atoms with Gasteiger partial charge in [0.1, 0.15) is 5.82 Å². The summed E-state index contributed by atoms with van der Waals surface area (Å²) in [6.07, 6.45) is 0. The maximum Gasteiger partial charge on any atom is 0.305 e. The number of nitro benzene ring substituents is 1. The molecule has 20 heavy (non-hydrogen) atoms. The molecule has 7 heteroatoms. The lowest BCUT2D eigenvalue weighted by molar-refractivity contribution is -0.387. The van der Waals surface area contributed by atoms with E-state index in [-0.39, 0.29) is 12.1 Å². The van der Waals surface area contributed by atoms with Crippen LogP contribution in [0.15, 0.2) is 24.3 Å². The number of aryl methyl sites for hydroxylation is 2. The summed E-state index contributed by atoms with van der Waals surface area (Å²) in [5.74, 6) is -1.99. The van der Waals surface area contributed by atoms with Crippen LogP contribution >= 0.6 is 0 Å². The van der Waals surface area contributed by atoms with E-state index >= 15 is 0 Å². The molecule has 0 saturated heterocycles. The molecule has 2 rings (SSSR count). The van der Waals surface area contributed by atoms with Gasteiger partial charge in [-0.25, -0.2) is 4.39 Å². The predicted octanol–water partition coefficient (Wildman–Crippen LogP) is 3.04. The van der Waals surface area contributed by atoms with Crippen molar-refractivity contribution in [3.63, 3.8) is 0 Å². The van der Waals surface area contributed by atoms with E-state index in [1.165, 1.54) is 0 Å². The first-order chi connectivity index (χ1) is 9.40. The van der Waals surface area contributed by atoms with Gasteiger partial charge in [-0.15, -0.1) is 0 Å². The van der Waals surface area contributed by atoms with E-state index in [2.05, 4.69) is 5.43 Å². The zero-order valence-electron chi connectivity index (χ0n) is 11.0. The molecule has 1 aromatic heterocycles. The van der Waals surface area contributed by atoms with E-state index in [0.717, 1.165) is 17.5 Å². The van der Waals surface area contributed by atoms with Crippen molar-refractivity contribution >= 4 is 5.69 Å². The third kappa shape index (κ3) is 2.61. The summed E-state index contributed by atoms with van der Waals surface area (Å²) in [6.45, 7) is 3.75. The van der Waals surface area contributed by atoms with Crippen molar-refractivity contribution in [2.75, 3.05) is 5.43 Å². The van der Waals surface area contributed by atoms with E-state index in [1.54, 1.807) is 4.68 Å². The molecule has 5 nitrogen and oxygen atoms in total. The molecule has 106 valence electrons. The van der Waals surface area contributed by atoms with Crippen LogP contribution < -0.4 is 5.43 Å². The van der Waals surface area contributed by atoms with Gasteiger partial charge in [-0.2, -0.15) is 4.39 Å². The number of nitro groups is 1. The fourth-order valence-electron chi connectivity index (χ4n) is 1.94. The smallest absolute Gasteiger partial charge is 0.305 e. The first-order valence-electron chi connectivity index (χ1n) is 5.91. The molecule has 0 aliphatic carbocycles. The number of nitrogens with zero attached hydrogens (tertiary/aromatic N) is 2. The zero-order valence-corrected chi connectivity index (χ0v) is 11.0. The third-order valence-electron chi connectivity index (χ3n) is 3.01. The van der Waals surface area contributed by atoms with Crippen molar-refractivity contribution < 1.29 is 13.7 Å². The van der Waals surface area contributed by atoms with Crippen molar-refractivity contribution in [3.8, 4) is 0 Å². The lowest BCUT2D eigenvalue weighted by atomic mass is 10.2. The number of hydrogen-bond donors (Lipinski definition) is 1. The summed E-state index contributed by atoms with van der Waals surface area (Å²) >= 11 is 0. The van der Waals surface area contributed by atoms with Gasteiger partial charge < -0.3 is 5.43 Å². The molecule has 0 saturated carbocycles. The summed E-state index contributed by atoms with van der Waals surface area (Å²) in [5, 5.41) is 10.6. The van der Waals surface area contributed by atoms with Crippen LogP contribution in [0.4, 0.5) is 14.5 Å². The summed E-state index contributed by atoms with van der Waals surface area (Å²) in [7, 11) is 0. The van der Waals surface area contributed by atoms with Gasteiger partial charge in [0, 0.05) is 29.1 Å². The molecule has 0 fully saturated rings. The second-order valence-corrected chi connectivity index (χ2v) is 4.44. The molecule has 1 aromatic carbocycles. The molecule has 0 amide bonds. The van der Waals surface area contributed by atoms with Crippen LogP contribution in [-0.4, -0.2) is 9.60 Å². The highest BCUT2D eigenvalue weighted by molar-refractivity contribution is 5.37. The Labute approximate surface area is 114 Å². The highest BCUT2D eigenvalue weighted by atomic mass is 19.1. The number of rotatable bonds is 4. The maximum absolute atomic E-state index is 13.6. The Morgan fingerprint density at radius 1 is 1.20 bits per heavy atom. The number of hydrogen-bond acceptors (Lipinski definition) is 3. The Kier molecular flexibility index (Phi) is 3.69. The van der Waals surface area contributed by atoms with Gasteiger partial charge in [-0.1, -0.05) is 0 Å². The molecular formula is C13H13F2N3O2. The molecule has 0 spiro atoms. The van der Waals surface area contributed by atoms with Gasteiger partial charge in [-0.3, -0.25) is 14.8 Å². The van der Waals surface area contributed by atoms with Crippen LogP contribution in [0.5, 0.6) is 0 Å². The zero-order chi connectivity index (χ0) is 14.9. The fourth-order valence-corrected chi connectivity index (χ4v) is 1.94. The summed E-state index contributed by atoms with van der Waals surface area (Å²) in [5.41, 5.74) is 4.07. The number of benzene rings is 1. The van der Waals surface area contributed by atoms with Crippen LogP contribution in [0.3, 0.4) is 0 Å². The lowest BCUT2D eigenvalue weighted by Gasteiger charge is -2.13. The van der Waals surface area contributed by atoms with E-state index in [0.29, 0.717) is 6.07 Å². The van der Waals surface area contributed by atoms with Crippen LogP contribution in [0, 0.1) is 35.6 Å². The molecule has 0 unspecified atom stereocenters. The molecule has 0 atom stereocenters. The molecule has 1 N–H and O–H groups in total. The van der Waals surface area contributed by atoms with E-state index in [9.17, 15) is 18.9 Å². The minimum Gasteiger partial charge on any atom is -0.321 e. The van der Waals surface area contributed by atoms with Crippen molar-refractivity contribution in [1.82, 2.24) is 4.68 Å². The van der Waals surface area contributed by atoms with E-state index < -0.39 is 22.2 Å². The normalized spacial score (nSPS) is 10.6. The molecule has 2 aromatic rings. The first kappa shape index (κ1) is 14.0. The lowest BCUT2D eigenvalue weighted by Crippen LogP contribution is -2.17. The Morgan fingerprint density at radius 2 is 1.80 bits per heavy atom.